The van der Waals surface area contributed by atoms with E-state index >= 15 is 0 Å². The fraction of sp³-hybridized carbons (Fsp3) is 0.615. The Hall–Kier alpha value is -0.170. The van der Waals surface area contributed by atoms with Gasteiger partial charge in [-0.25, -0.2) is 4.79 Å². The molecule has 1 aromatic heterocycles. The van der Waals surface area contributed by atoms with E-state index < -0.39 is 5.97 Å². The molecule has 2 aliphatic rings. The molecular weight excluding hydrogens is 300 g/mol. The van der Waals surface area contributed by atoms with Gasteiger partial charge in [0.05, 0.1) is 5.60 Å². The summed E-state index contributed by atoms with van der Waals surface area (Å²) < 4.78 is 6.01. The maximum absolute atomic E-state index is 10.9. The number of hydrogen-bond donors (Lipinski definition) is 1. The van der Waals surface area contributed by atoms with Crippen LogP contribution in [-0.2, 0) is 4.74 Å². The number of aromatic carboxylic acids is 1. The first-order valence-electron chi connectivity index (χ1n) is 6.37. The predicted octanol–water partition coefficient (Wildman–Crippen LogP) is 3.59. The van der Waals surface area contributed by atoms with Gasteiger partial charge in [-0.05, 0) is 31.1 Å². The molecule has 1 spiro atoms. The third kappa shape index (κ3) is 3.12. The minimum absolute atomic E-state index is 0.103. The van der Waals surface area contributed by atoms with Crippen LogP contribution in [0.4, 0.5) is 0 Å². The van der Waals surface area contributed by atoms with Gasteiger partial charge in [0.2, 0.25) is 0 Å². The maximum atomic E-state index is 10.9. The molecule has 2 atom stereocenters. The van der Waals surface area contributed by atoms with Crippen molar-refractivity contribution in [3.63, 3.8) is 0 Å². The van der Waals surface area contributed by atoms with Gasteiger partial charge in [-0.3, -0.25) is 0 Å². The van der Waals surface area contributed by atoms with Crippen LogP contribution < -0.4 is 0 Å². The molecular formula is C13H16O3S3. The van der Waals surface area contributed by atoms with E-state index in [2.05, 4.69) is 0 Å². The van der Waals surface area contributed by atoms with Gasteiger partial charge < -0.3 is 9.84 Å². The summed E-state index contributed by atoms with van der Waals surface area (Å²) in [5, 5.41) is 11.5. The Morgan fingerprint density at radius 2 is 2.47 bits per heavy atom. The molecule has 0 aromatic carbocycles. The quantitative estimate of drug-likeness (QED) is 0.923. The van der Waals surface area contributed by atoms with Crippen LogP contribution in [0.2, 0.25) is 0 Å². The zero-order valence-corrected chi connectivity index (χ0v) is 12.9. The minimum atomic E-state index is -0.826. The highest BCUT2D eigenvalue weighted by Gasteiger charge is 2.40. The lowest BCUT2D eigenvalue weighted by atomic mass is 9.93. The largest absolute Gasteiger partial charge is 0.477 e. The number of thiophene rings is 1. The molecule has 104 valence electrons. The summed E-state index contributed by atoms with van der Waals surface area (Å²) in [6.45, 7) is 0.841. The van der Waals surface area contributed by atoms with E-state index in [-0.39, 0.29) is 5.60 Å². The van der Waals surface area contributed by atoms with Crippen LogP contribution in [0.25, 0.3) is 0 Å². The van der Waals surface area contributed by atoms with Crippen molar-refractivity contribution < 1.29 is 14.6 Å². The highest BCUT2D eigenvalue weighted by Crippen LogP contribution is 2.43. The van der Waals surface area contributed by atoms with Crippen LogP contribution in [0.5, 0.6) is 0 Å². The Morgan fingerprint density at radius 3 is 3.16 bits per heavy atom. The predicted molar refractivity (Wildman–Crippen MR) is 80.8 cm³/mol. The van der Waals surface area contributed by atoms with Gasteiger partial charge in [-0.2, -0.15) is 11.8 Å². The van der Waals surface area contributed by atoms with Gasteiger partial charge in [0.15, 0.2) is 0 Å². The molecule has 2 unspecified atom stereocenters. The number of carboxylic acids is 1. The summed E-state index contributed by atoms with van der Waals surface area (Å²) in [7, 11) is 0. The topological polar surface area (TPSA) is 46.5 Å². The lowest BCUT2D eigenvalue weighted by Crippen LogP contribution is -2.40. The summed E-state index contributed by atoms with van der Waals surface area (Å²) in [5.74, 6) is 1.50. The Morgan fingerprint density at radius 1 is 1.58 bits per heavy atom. The van der Waals surface area contributed by atoms with E-state index in [4.69, 9.17) is 9.84 Å². The smallest absolute Gasteiger partial charge is 0.345 e. The first-order valence-corrected chi connectivity index (χ1v) is 9.28. The van der Waals surface area contributed by atoms with Crippen molar-refractivity contribution in [3.05, 3.63) is 16.3 Å². The minimum Gasteiger partial charge on any atom is -0.477 e. The number of carboxylic acid groups (broad SMARTS) is 1. The molecule has 3 rings (SSSR count). The first kappa shape index (κ1) is 13.8. The number of thioether (sulfide) groups is 2. The van der Waals surface area contributed by atoms with E-state index in [0.717, 1.165) is 30.1 Å². The van der Waals surface area contributed by atoms with E-state index in [9.17, 15) is 4.79 Å². The molecule has 1 N–H and O–H groups in total. The van der Waals surface area contributed by atoms with Gasteiger partial charge >= 0.3 is 5.97 Å². The maximum Gasteiger partial charge on any atom is 0.345 e. The standard InChI is InChI=1S/C13H16O3S3/c14-12(15)11-5-10(7-18-11)19-9-1-3-16-13(6-9)2-4-17-8-13/h5,7,9H,1-4,6,8H2,(H,14,15). The normalized spacial score (nSPS) is 30.8. The number of hydrogen-bond acceptors (Lipinski definition) is 5. The molecule has 0 bridgehead atoms. The molecule has 0 aliphatic carbocycles. The Balaban J connectivity index is 1.64. The molecule has 1 aromatic rings. The van der Waals surface area contributed by atoms with E-state index in [0.29, 0.717) is 10.1 Å². The molecule has 2 saturated heterocycles. The molecule has 0 saturated carbocycles. The van der Waals surface area contributed by atoms with Crippen molar-refractivity contribution >= 4 is 40.8 Å². The Kier molecular flexibility index (Phi) is 4.12. The first-order chi connectivity index (χ1) is 9.17. The van der Waals surface area contributed by atoms with Crippen molar-refractivity contribution in [2.45, 2.75) is 35.0 Å². The molecule has 6 heteroatoms. The summed E-state index contributed by atoms with van der Waals surface area (Å²) in [5.41, 5.74) is 0.103. The Bertz CT molecular complexity index is 465. The summed E-state index contributed by atoms with van der Waals surface area (Å²) >= 11 is 5.12. The van der Waals surface area contributed by atoms with Crippen LogP contribution in [0.15, 0.2) is 16.3 Å². The van der Waals surface area contributed by atoms with Gasteiger partial charge in [0, 0.05) is 27.9 Å². The van der Waals surface area contributed by atoms with Crippen molar-refractivity contribution in [3.8, 4) is 0 Å². The Labute approximate surface area is 125 Å². The van der Waals surface area contributed by atoms with Gasteiger partial charge in [-0.1, -0.05) is 0 Å². The van der Waals surface area contributed by atoms with Gasteiger partial charge in [-0.15, -0.1) is 23.1 Å². The fourth-order valence-corrected chi connectivity index (χ4v) is 6.23. The second-order valence-electron chi connectivity index (χ2n) is 5.02. The molecule has 2 aliphatic heterocycles. The van der Waals surface area contributed by atoms with Crippen LogP contribution in [-0.4, -0.2) is 40.0 Å². The summed E-state index contributed by atoms with van der Waals surface area (Å²) in [6.07, 6.45) is 3.33. The third-order valence-corrected chi connectivity index (χ3v) is 7.14. The summed E-state index contributed by atoms with van der Waals surface area (Å²) in [4.78, 5) is 12.4. The number of ether oxygens (including phenoxy) is 1. The second kappa shape index (κ2) is 5.68. The molecule has 3 nitrogen and oxygen atoms in total. The highest BCUT2D eigenvalue weighted by molar-refractivity contribution is 8.00. The third-order valence-electron chi connectivity index (χ3n) is 3.60. The van der Waals surface area contributed by atoms with E-state index in [1.807, 2.05) is 28.9 Å². The van der Waals surface area contributed by atoms with E-state index in [1.165, 1.54) is 23.5 Å². The molecule has 0 amide bonds. The van der Waals surface area contributed by atoms with Crippen molar-refractivity contribution in [1.29, 1.82) is 0 Å². The van der Waals surface area contributed by atoms with Crippen molar-refractivity contribution in [1.82, 2.24) is 0 Å². The SMILES string of the molecule is O=C(O)c1cc(SC2CCOC3(CCSC3)C2)cs1. The average Bonchev–Trinajstić information content (AvgIpc) is 3.00. The van der Waals surface area contributed by atoms with Gasteiger partial charge in [0.25, 0.3) is 0 Å². The lowest BCUT2D eigenvalue weighted by Gasteiger charge is -2.37. The second-order valence-corrected chi connectivity index (χ2v) is 8.41. The number of rotatable bonds is 3. The van der Waals surface area contributed by atoms with Crippen LogP contribution >= 0.6 is 34.9 Å². The van der Waals surface area contributed by atoms with Crippen LogP contribution in [0, 0.1) is 0 Å². The fourth-order valence-electron chi connectivity index (χ4n) is 2.63. The monoisotopic (exact) mass is 316 g/mol. The zero-order chi connectivity index (χ0) is 13.3. The van der Waals surface area contributed by atoms with Crippen molar-refractivity contribution in [2.75, 3.05) is 18.1 Å². The summed E-state index contributed by atoms with van der Waals surface area (Å²) in [6, 6.07) is 1.79. The van der Waals surface area contributed by atoms with Gasteiger partial charge in [0.1, 0.15) is 4.88 Å². The van der Waals surface area contributed by atoms with Crippen molar-refractivity contribution in [2.24, 2.45) is 0 Å². The van der Waals surface area contributed by atoms with Crippen LogP contribution in [0.3, 0.4) is 0 Å². The molecule has 19 heavy (non-hydrogen) atoms. The highest BCUT2D eigenvalue weighted by atomic mass is 32.2. The number of carbonyl (C=O) groups is 1. The lowest BCUT2D eigenvalue weighted by molar-refractivity contribution is -0.0562. The zero-order valence-electron chi connectivity index (χ0n) is 10.5. The van der Waals surface area contributed by atoms with E-state index in [1.54, 1.807) is 6.07 Å². The molecule has 3 heterocycles. The molecule has 0 radical (unpaired) electrons. The average molecular weight is 316 g/mol. The van der Waals surface area contributed by atoms with Crippen LogP contribution in [0.1, 0.15) is 28.9 Å². The molecule has 2 fully saturated rings.